The first-order valence-electron chi connectivity index (χ1n) is 7.80. The fraction of sp³-hybridized carbons (Fsp3) is 0.571. The van der Waals surface area contributed by atoms with Gasteiger partial charge in [0.1, 0.15) is 4.88 Å². The van der Waals surface area contributed by atoms with E-state index in [4.69, 9.17) is 0 Å². The number of hydrogen-bond acceptors (Lipinski definition) is 7. The molecule has 0 unspecified atom stereocenters. The number of amides is 1. The van der Waals surface area contributed by atoms with E-state index >= 15 is 0 Å². The van der Waals surface area contributed by atoms with Crippen molar-refractivity contribution in [1.82, 2.24) is 25.1 Å². The van der Waals surface area contributed by atoms with E-state index in [1.54, 1.807) is 17.9 Å². The third-order valence-corrected chi connectivity index (χ3v) is 4.72. The first kappa shape index (κ1) is 18.6. The van der Waals surface area contributed by atoms with Crippen molar-refractivity contribution >= 4 is 40.7 Å². The van der Waals surface area contributed by atoms with Gasteiger partial charge in [-0.3, -0.25) is 10.1 Å². The molecular weight excluding hydrogens is 350 g/mol. The Labute approximate surface area is 150 Å². The van der Waals surface area contributed by atoms with Gasteiger partial charge in [-0.05, 0) is 32.9 Å². The first-order chi connectivity index (χ1) is 11.2. The molecular formula is C14H22ClN7OS. The molecule has 24 heavy (non-hydrogen) atoms. The molecule has 1 fully saturated rings. The predicted molar refractivity (Wildman–Crippen MR) is 97.3 cm³/mol. The lowest BCUT2D eigenvalue weighted by molar-refractivity contribution is 0.102. The van der Waals surface area contributed by atoms with Crippen molar-refractivity contribution < 1.29 is 4.79 Å². The van der Waals surface area contributed by atoms with Gasteiger partial charge in [0, 0.05) is 19.5 Å². The topological polar surface area (TPSA) is 96.8 Å². The summed E-state index contributed by atoms with van der Waals surface area (Å²) in [6, 6.07) is 0. The van der Waals surface area contributed by atoms with Crippen molar-refractivity contribution in [3.8, 4) is 0 Å². The van der Waals surface area contributed by atoms with Crippen LogP contribution in [0.4, 0.5) is 11.1 Å². The molecule has 3 heterocycles. The SMILES string of the molecule is CCNc1ncc(C(=O)Nc2nc(C3CCNCC3)nn2C)s1.Cl. The maximum atomic E-state index is 12.3. The smallest absolute Gasteiger partial charge is 0.269 e. The number of nitrogens with zero attached hydrogens (tertiary/aromatic N) is 4. The maximum absolute atomic E-state index is 12.3. The van der Waals surface area contributed by atoms with Crippen LogP contribution >= 0.6 is 23.7 Å². The van der Waals surface area contributed by atoms with E-state index in [-0.39, 0.29) is 18.3 Å². The molecule has 1 aliphatic heterocycles. The van der Waals surface area contributed by atoms with Gasteiger partial charge in [0.25, 0.3) is 5.91 Å². The summed E-state index contributed by atoms with van der Waals surface area (Å²) in [5, 5.41) is 14.4. The van der Waals surface area contributed by atoms with Crippen LogP contribution in [0.1, 0.15) is 41.2 Å². The number of carbonyl (C=O) groups is 1. The average molecular weight is 372 g/mol. The van der Waals surface area contributed by atoms with Crippen LogP contribution in [-0.4, -0.2) is 45.3 Å². The lowest BCUT2D eigenvalue weighted by Gasteiger charge is -2.19. The summed E-state index contributed by atoms with van der Waals surface area (Å²) in [5.41, 5.74) is 0. The Morgan fingerprint density at radius 3 is 2.92 bits per heavy atom. The number of nitrogens with one attached hydrogen (secondary N) is 3. The van der Waals surface area contributed by atoms with Gasteiger partial charge < -0.3 is 10.6 Å². The molecule has 0 atom stereocenters. The van der Waals surface area contributed by atoms with E-state index in [1.165, 1.54) is 11.3 Å². The quantitative estimate of drug-likeness (QED) is 0.742. The lowest BCUT2D eigenvalue weighted by atomic mass is 9.98. The van der Waals surface area contributed by atoms with Crippen LogP contribution in [0.3, 0.4) is 0 Å². The average Bonchev–Trinajstić information content (AvgIpc) is 3.16. The number of carbonyl (C=O) groups excluding carboxylic acids is 1. The van der Waals surface area contributed by atoms with Crippen molar-refractivity contribution in [2.75, 3.05) is 30.3 Å². The summed E-state index contributed by atoms with van der Waals surface area (Å²) < 4.78 is 1.63. The lowest BCUT2D eigenvalue weighted by Crippen LogP contribution is -2.27. The predicted octanol–water partition coefficient (Wildman–Crippen LogP) is 1.84. The van der Waals surface area contributed by atoms with Crippen LogP contribution in [-0.2, 0) is 7.05 Å². The second-order valence-electron chi connectivity index (χ2n) is 5.46. The molecule has 0 saturated carbocycles. The molecule has 132 valence electrons. The van der Waals surface area contributed by atoms with Crippen LogP contribution in [0.15, 0.2) is 6.20 Å². The van der Waals surface area contributed by atoms with Gasteiger partial charge >= 0.3 is 0 Å². The molecule has 10 heteroatoms. The summed E-state index contributed by atoms with van der Waals surface area (Å²) in [6.07, 6.45) is 3.62. The van der Waals surface area contributed by atoms with E-state index in [1.807, 2.05) is 6.92 Å². The number of anilines is 2. The molecule has 1 saturated heterocycles. The van der Waals surface area contributed by atoms with Gasteiger partial charge in [0.2, 0.25) is 5.95 Å². The van der Waals surface area contributed by atoms with Crippen molar-refractivity contribution in [1.29, 1.82) is 0 Å². The monoisotopic (exact) mass is 371 g/mol. The highest BCUT2D eigenvalue weighted by Gasteiger charge is 2.22. The highest BCUT2D eigenvalue weighted by molar-refractivity contribution is 7.17. The standard InChI is InChI=1S/C14H21N7OS.ClH/c1-3-16-14-17-8-10(23-14)12(22)19-13-18-11(20-21(13)2)9-4-6-15-7-5-9;/h8-9,15H,3-7H2,1-2H3,(H,16,17)(H,18,19,20,22);1H. The van der Waals surface area contributed by atoms with Gasteiger partial charge in [-0.2, -0.15) is 10.1 Å². The van der Waals surface area contributed by atoms with Crippen LogP contribution < -0.4 is 16.0 Å². The Hall–Kier alpha value is -1.71. The highest BCUT2D eigenvalue weighted by atomic mass is 35.5. The zero-order valence-corrected chi connectivity index (χ0v) is 15.3. The van der Waals surface area contributed by atoms with Crippen LogP contribution in [0.25, 0.3) is 0 Å². The minimum absolute atomic E-state index is 0. The van der Waals surface area contributed by atoms with Crippen LogP contribution in [0.2, 0.25) is 0 Å². The van der Waals surface area contributed by atoms with Crippen molar-refractivity contribution in [2.24, 2.45) is 7.05 Å². The number of aryl methyl sites for hydroxylation is 1. The first-order valence-corrected chi connectivity index (χ1v) is 8.61. The van der Waals surface area contributed by atoms with Crippen molar-refractivity contribution in [3.63, 3.8) is 0 Å². The molecule has 8 nitrogen and oxygen atoms in total. The molecule has 1 aliphatic rings. The fourth-order valence-corrected chi connectivity index (χ4v) is 3.32. The minimum atomic E-state index is -0.209. The number of rotatable bonds is 5. The molecule has 3 rings (SSSR count). The summed E-state index contributed by atoms with van der Waals surface area (Å²) in [4.78, 5) is 21.5. The Morgan fingerprint density at radius 2 is 2.21 bits per heavy atom. The minimum Gasteiger partial charge on any atom is -0.362 e. The van der Waals surface area contributed by atoms with Gasteiger partial charge in [0.15, 0.2) is 11.0 Å². The molecule has 0 aliphatic carbocycles. The highest BCUT2D eigenvalue weighted by Crippen LogP contribution is 2.24. The molecule has 3 N–H and O–H groups in total. The molecule has 0 bridgehead atoms. The van der Waals surface area contributed by atoms with Crippen molar-refractivity contribution in [3.05, 3.63) is 16.9 Å². The Balaban J connectivity index is 0.00000208. The summed E-state index contributed by atoms with van der Waals surface area (Å²) in [7, 11) is 1.80. The molecule has 2 aromatic rings. The summed E-state index contributed by atoms with van der Waals surface area (Å²) in [6.45, 7) is 4.73. The summed E-state index contributed by atoms with van der Waals surface area (Å²) >= 11 is 1.33. The van der Waals surface area contributed by atoms with E-state index in [0.29, 0.717) is 16.7 Å². The fourth-order valence-electron chi connectivity index (χ4n) is 2.54. The van der Waals surface area contributed by atoms with E-state index < -0.39 is 0 Å². The van der Waals surface area contributed by atoms with E-state index in [2.05, 4.69) is 31.0 Å². The van der Waals surface area contributed by atoms with Gasteiger partial charge in [-0.15, -0.1) is 12.4 Å². The number of hydrogen-bond donors (Lipinski definition) is 3. The molecule has 1 amide bonds. The molecule has 0 radical (unpaired) electrons. The Morgan fingerprint density at radius 1 is 1.46 bits per heavy atom. The third kappa shape index (κ3) is 4.22. The third-order valence-electron chi connectivity index (χ3n) is 3.77. The van der Waals surface area contributed by atoms with Crippen LogP contribution in [0, 0.1) is 0 Å². The van der Waals surface area contributed by atoms with Gasteiger partial charge in [-0.1, -0.05) is 11.3 Å². The number of piperidine rings is 1. The van der Waals surface area contributed by atoms with E-state index in [0.717, 1.165) is 43.4 Å². The van der Waals surface area contributed by atoms with Crippen LogP contribution in [0.5, 0.6) is 0 Å². The maximum Gasteiger partial charge on any atom is 0.269 e. The number of halogens is 1. The van der Waals surface area contributed by atoms with E-state index in [9.17, 15) is 4.79 Å². The number of aromatic nitrogens is 4. The second-order valence-corrected chi connectivity index (χ2v) is 6.49. The molecule has 0 aromatic carbocycles. The Kier molecular flexibility index (Phi) is 6.52. The summed E-state index contributed by atoms with van der Waals surface area (Å²) in [5.74, 6) is 1.43. The van der Waals surface area contributed by atoms with Gasteiger partial charge in [-0.25, -0.2) is 9.67 Å². The molecule has 2 aromatic heterocycles. The second kappa shape index (κ2) is 8.41. The molecule has 0 spiro atoms. The Bertz CT molecular complexity index is 680. The zero-order chi connectivity index (χ0) is 16.2. The van der Waals surface area contributed by atoms with Crippen molar-refractivity contribution in [2.45, 2.75) is 25.7 Å². The largest absolute Gasteiger partial charge is 0.362 e. The zero-order valence-electron chi connectivity index (χ0n) is 13.7. The van der Waals surface area contributed by atoms with Gasteiger partial charge in [0.05, 0.1) is 6.20 Å². The normalized spacial score (nSPS) is 14.9. The number of thiazole rings is 1.